The summed E-state index contributed by atoms with van der Waals surface area (Å²) in [4.78, 5) is 0. The predicted octanol–water partition coefficient (Wildman–Crippen LogP) is 4.63. The molecule has 18 heavy (non-hydrogen) atoms. The van der Waals surface area contributed by atoms with Crippen molar-refractivity contribution in [1.82, 2.24) is 0 Å². The fourth-order valence-electron chi connectivity index (χ4n) is 4.63. The Bertz CT molecular complexity index is 488. The van der Waals surface area contributed by atoms with Crippen molar-refractivity contribution in [2.45, 2.75) is 52.9 Å². The van der Waals surface area contributed by atoms with Crippen LogP contribution in [0.25, 0.3) is 0 Å². The summed E-state index contributed by atoms with van der Waals surface area (Å²) in [5.41, 5.74) is 3.20. The monoisotopic (exact) mass is 244 g/mol. The van der Waals surface area contributed by atoms with Crippen LogP contribution in [0.4, 0.5) is 0 Å². The van der Waals surface area contributed by atoms with Crippen LogP contribution < -0.4 is 0 Å². The molecule has 0 heterocycles. The van der Waals surface area contributed by atoms with Gasteiger partial charge in [-0.05, 0) is 60.5 Å². The van der Waals surface area contributed by atoms with Gasteiger partial charge in [0.1, 0.15) is 5.75 Å². The maximum atomic E-state index is 10.2. The second-order valence-electron chi connectivity index (χ2n) is 7.23. The molecule has 98 valence electrons. The number of benzene rings is 1. The summed E-state index contributed by atoms with van der Waals surface area (Å²) >= 11 is 0. The number of fused-ring (bicyclic) bond motifs is 2. The van der Waals surface area contributed by atoms with Crippen molar-refractivity contribution in [3.05, 3.63) is 29.3 Å². The molecule has 1 unspecified atom stereocenters. The lowest BCUT2D eigenvalue weighted by Crippen LogP contribution is -2.31. The molecule has 2 aliphatic rings. The van der Waals surface area contributed by atoms with E-state index in [0.29, 0.717) is 22.5 Å². The Labute approximate surface area is 110 Å². The van der Waals surface area contributed by atoms with Gasteiger partial charge in [0.15, 0.2) is 0 Å². The van der Waals surface area contributed by atoms with E-state index in [1.807, 2.05) is 12.1 Å². The number of phenolic OH excluding ortho intramolecular Hbond substituents is 1. The third-order valence-electron chi connectivity index (χ3n) is 6.35. The lowest BCUT2D eigenvalue weighted by atomic mass is 9.65. The summed E-state index contributed by atoms with van der Waals surface area (Å²) in [5, 5.41) is 10.2. The van der Waals surface area contributed by atoms with E-state index in [2.05, 4.69) is 33.8 Å². The Morgan fingerprint density at radius 2 is 1.94 bits per heavy atom. The van der Waals surface area contributed by atoms with E-state index in [4.69, 9.17) is 0 Å². The molecule has 2 aliphatic carbocycles. The number of hydrogen-bond donors (Lipinski definition) is 1. The minimum absolute atomic E-state index is 0.350. The zero-order valence-corrected chi connectivity index (χ0v) is 12.0. The van der Waals surface area contributed by atoms with Crippen molar-refractivity contribution >= 4 is 0 Å². The van der Waals surface area contributed by atoms with Gasteiger partial charge in [-0.15, -0.1) is 0 Å². The van der Waals surface area contributed by atoms with Gasteiger partial charge in [-0.25, -0.2) is 0 Å². The number of phenols is 1. The van der Waals surface area contributed by atoms with Crippen molar-refractivity contribution in [2.75, 3.05) is 0 Å². The highest BCUT2D eigenvalue weighted by Gasteiger charge is 2.61. The van der Waals surface area contributed by atoms with Crippen LogP contribution in [-0.4, -0.2) is 5.11 Å². The van der Waals surface area contributed by atoms with Crippen LogP contribution >= 0.6 is 0 Å². The molecule has 1 aromatic rings. The van der Waals surface area contributed by atoms with E-state index < -0.39 is 0 Å². The first-order chi connectivity index (χ1) is 8.36. The van der Waals surface area contributed by atoms with Crippen molar-refractivity contribution in [2.24, 2.45) is 16.7 Å². The Kier molecular flexibility index (Phi) is 2.36. The zero-order valence-electron chi connectivity index (χ0n) is 12.0. The van der Waals surface area contributed by atoms with E-state index in [1.165, 1.54) is 30.4 Å². The van der Waals surface area contributed by atoms with E-state index in [-0.39, 0.29) is 0 Å². The Morgan fingerprint density at radius 1 is 1.22 bits per heavy atom. The first kappa shape index (κ1) is 12.1. The van der Waals surface area contributed by atoms with Crippen LogP contribution in [0.15, 0.2) is 18.2 Å². The summed E-state index contributed by atoms with van der Waals surface area (Å²) in [5.74, 6) is 1.86. The minimum atomic E-state index is 0.350. The van der Waals surface area contributed by atoms with Gasteiger partial charge in [0, 0.05) is 0 Å². The fraction of sp³-hybridized carbons (Fsp3) is 0.647. The SMILES string of the molecule is Cc1ccc(O)c(C2C[C@H]3CC[C@]2(C)C3(C)C)c1. The average molecular weight is 244 g/mol. The molecular formula is C17H24O. The molecule has 2 fully saturated rings. The molecule has 3 atom stereocenters. The second-order valence-corrected chi connectivity index (χ2v) is 7.23. The van der Waals surface area contributed by atoms with Crippen LogP contribution in [0.2, 0.25) is 0 Å². The normalized spacial score (nSPS) is 37.1. The predicted molar refractivity (Wildman–Crippen MR) is 74.8 cm³/mol. The van der Waals surface area contributed by atoms with Gasteiger partial charge in [-0.3, -0.25) is 0 Å². The van der Waals surface area contributed by atoms with Gasteiger partial charge < -0.3 is 5.11 Å². The fourth-order valence-corrected chi connectivity index (χ4v) is 4.63. The third-order valence-corrected chi connectivity index (χ3v) is 6.35. The summed E-state index contributed by atoms with van der Waals surface area (Å²) in [6.45, 7) is 9.41. The molecule has 0 aliphatic heterocycles. The summed E-state index contributed by atoms with van der Waals surface area (Å²) in [6, 6.07) is 6.06. The molecule has 0 amide bonds. The van der Waals surface area contributed by atoms with Crippen LogP contribution in [-0.2, 0) is 0 Å². The first-order valence-electron chi connectivity index (χ1n) is 7.16. The average Bonchev–Trinajstić information content (AvgIpc) is 2.64. The van der Waals surface area contributed by atoms with Gasteiger partial charge in [0.25, 0.3) is 0 Å². The molecule has 1 heteroatoms. The minimum Gasteiger partial charge on any atom is -0.508 e. The molecule has 1 N–H and O–H groups in total. The van der Waals surface area contributed by atoms with Gasteiger partial charge in [0.05, 0.1) is 0 Å². The molecule has 0 aromatic heterocycles. The lowest BCUT2D eigenvalue weighted by Gasteiger charge is -2.39. The topological polar surface area (TPSA) is 20.2 Å². The number of rotatable bonds is 1. The quantitative estimate of drug-likeness (QED) is 0.763. The van der Waals surface area contributed by atoms with Gasteiger partial charge in [0.2, 0.25) is 0 Å². The van der Waals surface area contributed by atoms with Crippen LogP contribution in [0.5, 0.6) is 5.75 Å². The molecule has 1 nitrogen and oxygen atoms in total. The lowest BCUT2D eigenvalue weighted by molar-refractivity contribution is 0.133. The Morgan fingerprint density at radius 3 is 2.50 bits per heavy atom. The van der Waals surface area contributed by atoms with Crippen molar-refractivity contribution in [1.29, 1.82) is 0 Å². The molecule has 1 aromatic carbocycles. The standard InChI is InChI=1S/C17H24O/c1-11-5-6-15(18)13(9-11)14-10-12-7-8-17(14,4)16(12,2)3/h5-6,9,12,14,18H,7-8,10H2,1-4H3/t12-,14?,17+/m1/s1. The van der Waals surface area contributed by atoms with Crippen molar-refractivity contribution < 1.29 is 5.11 Å². The Hall–Kier alpha value is -0.980. The highest BCUT2D eigenvalue weighted by Crippen LogP contribution is 2.71. The molecule has 2 bridgehead atoms. The number of aromatic hydroxyl groups is 1. The zero-order chi connectivity index (χ0) is 13.1. The number of aryl methyl sites for hydroxylation is 1. The molecule has 0 saturated heterocycles. The third kappa shape index (κ3) is 1.34. The van der Waals surface area contributed by atoms with E-state index >= 15 is 0 Å². The van der Waals surface area contributed by atoms with Gasteiger partial charge in [-0.1, -0.05) is 38.5 Å². The molecule has 2 saturated carbocycles. The molecule has 0 radical (unpaired) electrons. The van der Waals surface area contributed by atoms with E-state index in [1.54, 1.807) is 0 Å². The van der Waals surface area contributed by atoms with E-state index in [9.17, 15) is 5.11 Å². The molecule has 0 spiro atoms. The van der Waals surface area contributed by atoms with Gasteiger partial charge >= 0.3 is 0 Å². The first-order valence-corrected chi connectivity index (χ1v) is 7.16. The number of hydrogen-bond acceptors (Lipinski definition) is 1. The van der Waals surface area contributed by atoms with Crippen LogP contribution in [0.3, 0.4) is 0 Å². The van der Waals surface area contributed by atoms with Gasteiger partial charge in [-0.2, -0.15) is 0 Å². The second kappa shape index (κ2) is 3.53. The summed E-state index contributed by atoms with van der Waals surface area (Å²) in [7, 11) is 0. The van der Waals surface area contributed by atoms with Crippen molar-refractivity contribution in [3.63, 3.8) is 0 Å². The van der Waals surface area contributed by atoms with E-state index in [0.717, 1.165) is 5.92 Å². The van der Waals surface area contributed by atoms with Crippen LogP contribution in [0.1, 0.15) is 57.1 Å². The molecule has 3 rings (SSSR count). The van der Waals surface area contributed by atoms with Crippen molar-refractivity contribution in [3.8, 4) is 5.75 Å². The largest absolute Gasteiger partial charge is 0.508 e. The maximum absolute atomic E-state index is 10.2. The smallest absolute Gasteiger partial charge is 0.119 e. The summed E-state index contributed by atoms with van der Waals surface area (Å²) < 4.78 is 0. The molecular weight excluding hydrogens is 220 g/mol. The highest BCUT2D eigenvalue weighted by atomic mass is 16.3. The summed E-state index contributed by atoms with van der Waals surface area (Å²) in [6.07, 6.45) is 3.93. The highest BCUT2D eigenvalue weighted by molar-refractivity contribution is 5.41. The maximum Gasteiger partial charge on any atom is 0.119 e. The Balaban J connectivity index is 2.07. The van der Waals surface area contributed by atoms with Crippen LogP contribution in [0, 0.1) is 23.7 Å².